The van der Waals surface area contributed by atoms with Gasteiger partial charge in [0.1, 0.15) is 0 Å². The van der Waals surface area contributed by atoms with Crippen molar-refractivity contribution in [3.8, 4) is 11.1 Å². The van der Waals surface area contributed by atoms with E-state index in [9.17, 15) is 4.79 Å². The average molecular weight is 272 g/mol. The van der Waals surface area contributed by atoms with E-state index in [-0.39, 0.29) is 5.56 Å². The quantitative estimate of drug-likeness (QED) is 0.852. The van der Waals surface area contributed by atoms with E-state index in [0.29, 0.717) is 5.92 Å². The maximum atomic E-state index is 12.6. The molecule has 20 heavy (non-hydrogen) atoms. The minimum atomic E-state index is 0.111. The van der Waals surface area contributed by atoms with E-state index in [4.69, 9.17) is 0 Å². The Morgan fingerprint density at radius 3 is 2.50 bits per heavy atom. The molecule has 0 radical (unpaired) electrons. The molecule has 0 bridgehead atoms. The first-order chi connectivity index (χ1) is 9.63. The molecule has 2 rings (SSSR count). The van der Waals surface area contributed by atoms with Gasteiger partial charge in [0.25, 0.3) is 5.56 Å². The zero-order chi connectivity index (χ0) is 14.5. The molecule has 1 N–H and O–H groups in total. The van der Waals surface area contributed by atoms with E-state index in [0.717, 1.165) is 42.6 Å². The van der Waals surface area contributed by atoms with Crippen LogP contribution in [0.5, 0.6) is 0 Å². The van der Waals surface area contributed by atoms with Gasteiger partial charge in [0.15, 0.2) is 0 Å². The van der Waals surface area contributed by atoms with Gasteiger partial charge in [-0.2, -0.15) is 0 Å². The highest BCUT2D eigenvalue weighted by Crippen LogP contribution is 2.21. The van der Waals surface area contributed by atoms with Crippen molar-refractivity contribution in [2.75, 3.05) is 0 Å². The molecule has 2 aromatic rings. The van der Waals surface area contributed by atoms with Crippen LogP contribution in [0.3, 0.4) is 0 Å². The predicted molar refractivity (Wildman–Crippen MR) is 83.9 cm³/mol. The van der Waals surface area contributed by atoms with Gasteiger partial charge in [0, 0.05) is 12.2 Å². The molecule has 0 amide bonds. The van der Waals surface area contributed by atoms with Crippen molar-refractivity contribution >= 4 is 0 Å². The molecule has 0 aliphatic rings. The molecule has 0 aliphatic heterocycles. The van der Waals surface area contributed by atoms with Gasteiger partial charge in [-0.15, -0.1) is 0 Å². The van der Waals surface area contributed by atoms with Crippen LogP contribution in [0.15, 0.2) is 35.1 Å². The van der Waals surface area contributed by atoms with E-state index in [2.05, 4.69) is 25.9 Å². The van der Waals surface area contributed by atoms with Crippen LogP contribution in [-0.2, 0) is 13.0 Å². The van der Waals surface area contributed by atoms with E-state index in [1.54, 1.807) is 4.68 Å². The number of benzene rings is 1. The SMILES string of the molecule is CCCCn1[nH]c(CC(C)C)c(-c2ccccc2)c1=O. The second-order valence-electron chi connectivity index (χ2n) is 5.74. The van der Waals surface area contributed by atoms with Gasteiger partial charge in [0.2, 0.25) is 0 Å². The third-order valence-electron chi connectivity index (χ3n) is 3.44. The summed E-state index contributed by atoms with van der Waals surface area (Å²) in [4.78, 5) is 12.6. The summed E-state index contributed by atoms with van der Waals surface area (Å²) in [5, 5.41) is 3.32. The van der Waals surface area contributed by atoms with Crippen molar-refractivity contribution in [3.63, 3.8) is 0 Å². The molecule has 1 aromatic heterocycles. The van der Waals surface area contributed by atoms with Gasteiger partial charge >= 0.3 is 0 Å². The Bertz CT molecular complexity index is 593. The molecule has 0 fully saturated rings. The largest absolute Gasteiger partial charge is 0.299 e. The number of hydrogen-bond donors (Lipinski definition) is 1. The zero-order valence-corrected chi connectivity index (χ0v) is 12.6. The molecule has 108 valence electrons. The van der Waals surface area contributed by atoms with Gasteiger partial charge in [-0.3, -0.25) is 14.6 Å². The monoisotopic (exact) mass is 272 g/mol. The Hall–Kier alpha value is -1.77. The minimum Gasteiger partial charge on any atom is -0.299 e. The van der Waals surface area contributed by atoms with Crippen molar-refractivity contribution in [3.05, 3.63) is 46.4 Å². The molecule has 1 aromatic carbocycles. The van der Waals surface area contributed by atoms with Crippen molar-refractivity contribution in [2.45, 2.75) is 46.6 Å². The van der Waals surface area contributed by atoms with Crippen LogP contribution in [0.2, 0.25) is 0 Å². The highest BCUT2D eigenvalue weighted by Gasteiger charge is 2.16. The second kappa shape index (κ2) is 6.60. The van der Waals surface area contributed by atoms with Crippen molar-refractivity contribution < 1.29 is 0 Å². The normalized spacial score (nSPS) is 11.2. The lowest BCUT2D eigenvalue weighted by Crippen LogP contribution is -2.17. The van der Waals surface area contributed by atoms with Crippen LogP contribution in [0.4, 0.5) is 0 Å². The molecule has 0 spiro atoms. The number of rotatable bonds is 6. The lowest BCUT2D eigenvalue weighted by molar-refractivity contribution is 0.542. The summed E-state index contributed by atoms with van der Waals surface area (Å²) in [5.74, 6) is 0.523. The number of H-pyrrole nitrogens is 1. The summed E-state index contributed by atoms with van der Waals surface area (Å²) in [6.07, 6.45) is 3.01. The van der Waals surface area contributed by atoms with E-state index in [1.165, 1.54) is 0 Å². The van der Waals surface area contributed by atoms with Gasteiger partial charge in [-0.25, -0.2) is 0 Å². The molecular formula is C17H24N2O. The third-order valence-corrected chi connectivity index (χ3v) is 3.44. The fraction of sp³-hybridized carbons (Fsp3) is 0.471. The highest BCUT2D eigenvalue weighted by molar-refractivity contribution is 5.65. The molecular weight excluding hydrogens is 248 g/mol. The first kappa shape index (κ1) is 14.6. The third kappa shape index (κ3) is 3.21. The maximum absolute atomic E-state index is 12.6. The van der Waals surface area contributed by atoms with Crippen LogP contribution in [-0.4, -0.2) is 9.78 Å². The zero-order valence-electron chi connectivity index (χ0n) is 12.6. The van der Waals surface area contributed by atoms with E-state index in [1.807, 2.05) is 30.3 Å². The van der Waals surface area contributed by atoms with E-state index < -0.39 is 0 Å². The first-order valence-electron chi connectivity index (χ1n) is 7.50. The highest BCUT2D eigenvalue weighted by atomic mass is 16.1. The standard InChI is InChI=1S/C17H24N2O/c1-4-5-11-19-17(20)16(14-9-7-6-8-10-14)15(18-19)12-13(2)3/h6-10,13,18H,4-5,11-12H2,1-3H3. The summed E-state index contributed by atoms with van der Waals surface area (Å²) in [7, 11) is 0. The Morgan fingerprint density at radius 1 is 1.20 bits per heavy atom. The molecule has 0 aliphatic carbocycles. The first-order valence-corrected chi connectivity index (χ1v) is 7.50. The number of nitrogens with one attached hydrogen (secondary N) is 1. The van der Waals surface area contributed by atoms with Gasteiger partial charge in [-0.05, 0) is 24.3 Å². The maximum Gasteiger partial charge on any atom is 0.274 e. The lowest BCUT2D eigenvalue weighted by Gasteiger charge is -2.05. The fourth-order valence-electron chi connectivity index (χ4n) is 2.47. The number of hydrogen-bond acceptors (Lipinski definition) is 1. The fourth-order valence-corrected chi connectivity index (χ4v) is 2.47. The number of aromatic amines is 1. The Morgan fingerprint density at radius 2 is 1.90 bits per heavy atom. The molecule has 3 nitrogen and oxygen atoms in total. The summed E-state index contributed by atoms with van der Waals surface area (Å²) < 4.78 is 1.77. The molecule has 0 atom stereocenters. The Kier molecular flexibility index (Phi) is 4.83. The molecule has 0 unspecified atom stereocenters. The smallest absolute Gasteiger partial charge is 0.274 e. The number of nitrogens with zero attached hydrogens (tertiary/aromatic N) is 1. The van der Waals surface area contributed by atoms with Gasteiger partial charge < -0.3 is 0 Å². The van der Waals surface area contributed by atoms with Crippen LogP contribution < -0.4 is 5.56 Å². The van der Waals surface area contributed by atoms with Crippen molar-refractivity contribution in [1.82, 2.24) is 9.78 Å². The molecule has 1 heterocycles. The van der Waals surface area contributed by atoms with E-state index >= 15 is 0 Å². The lowest BCUT2D eigenvalue weighted by atomic mass is 10.0. The molecule has 0 saturated carbocycles. The van der Waals surface area contributed by atoms with Gasteiger partial charge in [0.05, 0.1) is 5.56 Å². The number of aryl methyl sites for hydroxylation is 1. The molecule has 3 heteroatoms. The predicted octanol–water partition coefficient (Wildman–Crippen LogP) is 3.84. The van der Waals surface area contributed by atoms with Crippen LogP contribution in [0.25, 0.3) is 11.1 Å². The molecule has 0 saturated heterocycles. The summed E-state index contributed by atoms with van der Waals surface area (Å²) in [5.41, 5.74) is 3.03. The van der Waals surface area contributed by atoms with Crippen molar-refractivity contribution in [1.29, 1.82) is 0 Å². The van der Waals surface area contributed by atoms with Crippen LogP contribution in [0.1, 0.15) is 39.3 Å². The summed E-state index contributed by atoms with van der Waals surface area (Å²) in [6.45, 7) is 7.27. The second-order valence-corrected chi connectivity index (χ2v) is 5.74. The van der Waals surface area contributed by atoms with Crippen LogP contribution >= 0.6 is 0 Å². The average Bonchev–Trinajstić information content (AvgIpc) is 2.73. The van der Waals surface area contributed by atoms with Crippen molar-refractivity contribution in [2.24, 2.45) is 5.92 Å². The number of unbranched alkanes of at least 4 members (excludes halogenated alkanes) is 1. The Balaban J connectivity index is 2.46. The summed E-state index contributed by atoms with van der Waals surface area (Å²) >= 11 is 0. The van der Waals surface area contributed by atoms with Gasteiger partial charge in [-0.1, -0.05) is 57.5 Å². The Labute approximate surface area is 120 Å². The van der Waals surface area contributed by atoms with Crippen LogP contribution in [0, 0.1) is 5.92 Å². The topological polar surface area (TPSA) is 37.8 Å². The number of aromatic nitrogens is 2. The minimum absolute atomic E-state index is 0.111. The summed E-state index contributed by atoms with van der Waals surface area (Å²) in [6, 6.07) is 9.97.